The van der Waals surface area contributed by atoms with E-state index in [9.17, 15) is 9.59 Å². The number of halogens is 1. The lowest BCUT2D eigenvalue weighted by atomic mass is 10.1. The van der Waals surface area contributed by atoms with Crippen molar-refractivity contribution in [2.75, 3.05) is 30.5 Å². The average Bonchev–Trinajstić information content (AvgIpc) is 2.48. The molecule has 0 saturated carbocycles. The molecule has 0 aliphatic heterocycles. The van der Waals surface area contributed by atoms with Gasteiger partial charge < -0.3 is 9.47 Å². The predicted molar refractivity (Wildman–Crippen MR) is 104 cm³/mol. The number of carbonyl (C=O) groups excluding carboxylic acids is 2. The smallest absolute Gasteiger partial charge is 0.411 e. The van der Waals surface area contributed by atoms with Crippen molar-refractivity contribution in [2.24, 2.45) is 0 Å². The highest BCUT2D eigenvalue weighted by Crippen LogP contribution is 2.17. The fraction of sp³-hybridized carbons (Fsp3) is 0.882. The van der Waals surface area contributed by atoms with E-state index in [0.29, 0.717) is 19.6 Å². The van der Waals surface area contributed by atoms with Gasteiger partial charge in [-0.1, -0.05) is 22.4 Å². The molecule has 0 aromatic carbocycles. The lowest BCUT2D eigenvalue weighted by molar-refractivity contribution is -0.149. The molecule has 0 spiro atoms. The lowest BCUT2D eigenvalue weighted by Gasteiger charge is -2.32. The maximum atomic E-state index is 12.6. The van der Waals surface area contributed by atoms with Crippen LogP contribution in [-0.2, 0) is 14.3 Å². The van der Waals surface area contributed by atoms with Gasteiger partial charge in [0.1, 0.15) is 11.6 Å². The molecule has 24 heavy (non-hydrogen) atoms. The van der Waals surface area contributed by atoms with Gasteiger partial charge in [-0.15, -0.1) is 0 Å². The van der Waals surface area contributed by atoms with Crippen molar-refractivity contribution < 1.29 is 19.1 Å². The third-order valence-corrected chi connectivity index (χ3v) is 4.40. The van der Waals surface area contributed by atoms with Crippen LogP contribution in [0.3, 0.4) is 0 Å². The van der Waals surface area contributed by atoms with Gasteiger partial charge in [0.2, 0.25) is 0 Å². The van der Waals surface area contributed by atoms with Crippen molar-refractivity contribution in [3.8, 4) is 0 Å². The maximum absolute atomic E-state index is 12.6. The van der Waals surface area contributed by atoms with Crippen LogP contribution in [0.1, 0.15) is 53.4 Å². The fourth-order valence-corrected chi connectivity index (χ4v) is 2.97. The molecule has 142 valence electrons. The molecular formula is C17H32BrNO4S. The maximum Gasteiger partial charge on any atom is 0.411 e. The van der Waals surface area contributed by atoms with Crippen LogP contribution in [0.2, 0.25) is 0 Å². The van der Waals surface area contributed by atoms with E-state index in [1.54, 1.807) is 23.6 Å². The first-order chi connectivity index (χ1) is 11.3. The van der Waals surface area contributed by atoms with E-state index in [4.69, 9.17) is 9.47 Å². The van der Waals surface area contributed by atoms with Crippen LogP contribution in [0.25, 0.3) is 0 Å². The number of alkyl halides is 1. The Labute approximate surface area is 159 Å². The van der Waals surface area contributed by atoms with Crippen LogP contribution >= 0.6 is 27.7 Å². The number of nitrogens with zero attached hydrogens (tertiary/aromatic N) is 1. The van der Waals surface area contributed by atoms with Crippen molar-refractivity contribution in [1.29, 1.82) is 0 Å². The van der Waals surface area contributed by atoms with Crippen LogP contribution in [0.4, 0.5) is 4.79 Å². The highest BCUT2D eigenvalue weighted by molar-refractivity contribution is 9.09. The van der Waals surface area contributed by atoms with Crippen LogP contribution in [0, 0.1) is 0 Å². The molecule has 0 N–H and O–H groups in total. The third kappa shape index (κ3) is 10.4. The summed E-state index contributed by atoms with van der Waals surface area (Å²) < 4.78 is 10.7. The Hall–Kier alpha value is -0.430. The number of carbonyl (C=O) groups is 2. The van der Waals surface area contributed by atoms with Crippen molar-refractivity contribution in [3.63, 3.8) is 0 Å². The summed E-state index contributed by atoms with van der Waals surface area (Å²) in [6.45, 7) is 8.07. The summed E-state index contributed by atoms with van der Waals surface area (Å²) >= 11 is 5.06. The Morgan fingerprint density at radius 3 is 2.38 bits per heavy atom. The van der Waals surface area contributed by atoms with E-state index in [1.165, 1.54) is 0 Å². The zero-order valence-corrected chi connectivity index (χ0v) is 18.0. The average molecular weight is 426 g/mol. The van der Waals surface area contributed by atoms with Gasteiger partial charge in [-0.25, -0.2) is 9.59 Å². The normalized spacial score (nSPS) is 12.6. The van der Waals surface area contributed by atoms with E-state index in [2.05, 4.69) is 15.9 Å². The SMILES string of the molecule is CCOC(=O)[C@H](CCSC)N(CCCCCBr)C(=O)OC(C)(C)C. The first kappa shape index (κ1) is 23.6. The number of esters is 1. The second kappa shape index (κ2) is 12.9. The van der Waals surface area contributed by atoms with Gasteiger partial charge in [-0.2, -0.15) is 11.8 Å². The summed E-state index contributed by atoms with van der Waals surface area (Å²) in [5, 5.41) is 0.938. The molecule has 0 rings (SSSR count). The summed E-state index contributed by atoms with van der Waals surface area (Å²) in [4.78, 5) is 26.5. The predicted octanol–water partition coefficient (Wildman–Crippen LogP) is 4.47. The largest absolute Gasteiger partial charge is 0.464 e. The highest BCUT2D eigenvalue weighted by Gasteiger charge is 2.33. The molecule has 0 fully saturated rings. The first-order valence-corrected chi connectivity index (χ1v) is 11.0. The molecule has 0 aromatic rings. The molecule has 0 aliphatic carbocycles. The molecule has 1 atom stereocenters. The molecule has 0 aliphatic rings. The first-order valence-electron chi connectivity index (χ1n) is 8.48. The number of amides is 1. The molecule has 7 heteroatoms. The van der Waals surface area contributed by atoms with E-state index in [1.807, 2.05) is 27.0 Å². The van der Waals surface area contributed by atoms with Crippen LogP contribution in [-0.4, -0.2) is 59.1 Å². The van der Waals surface area contributed by atoms with Gasteiger partial charge in [-0.3, -0.25) is 4.90 Å². The number of unbranched alkanes of at least 4 members (excludes halogenated alkanes) is 2. The summed E-state index contributed by atoms with van der Waals surface area (Å²) in [5.41, 5.74) is -0.593. The van der Waals surface area contributed by atoms with E-state index >= 15 is 0 Å². The quantitative estimate of drug-likeness (QED) is 0.277. The summed E-state index contributed by atoms with van der Waals surface area (Å²) in [7, 11) is 0. The van der Waals surface area contributed by atoms with Crippen molar-refractivity contribution >= 4 is 39.8 Å². The second-order valence-electron chi connectivity index (χ2n) is 6.47. The van der Waals surface area contributed by atoms with Gasteiger partial charge in [0.15, 0.2) is 0 Å². The molecule has 5 nitrogen and oxygen atoms in total. The highest BCUT2D eigenvalue weighted by atomic mass is 79.9. The van der Waals surface area contributed by atoms with Crippen molar-refractivity contribution in [1.82, 2.24) is 4.90 Å². The Morgan fingerprint density at radius 2 is 1.88 bits per heavy atom. The number of rotatable bonds is 11. The number of thioether (sulfide) groups is 1. The van der Waals surface area contributed by atoms with Crippen LogP contribution in [0.15, 0.2) is 0 Å². The minimum absolute atomic E-state index is 0.306. The molecule has 0 aromatic heterocycles. The molecule has 0 saturated heterocycles. The third-order valence-electron chi connectivity index (χ3n) is 3.19. The Kier molecular flexibility index (Phi) is 12.6. The molecule has 0 bridgehead atoms. The minimum atomic E-state index is -0.593. The van der Waals surface area contributed by atoms with Gasteiger partial charge in [0, 0.05) is 11.9 Å². The van der Waals surface area contributed by atoms with Gasteiger partial charge in [-0.05, 0) is 59.0 Å². The molecule has 0 unspecified atom stereocenters. The minimum Gasteiger partial charge on any atom is -0.464 e. The summed E-state index contributed by atoms with van der Waals surface area (Å²) in [5.74, 6) is 0.433. The standard InChI is InChI=1S/C17H32BrNO4S/c1-6-22-15(20)14(10-13-24-5)19(12-9-7-8-11-18)16(21)23-17(2,3)4/h14H,6-13H2,1-5H3/t14-/m0/s1. The monoisotopic (exact) mass is 425 g/mol. The summed E-state index contributed by atoms with van der Waals surface area (Å²) in [6, 6.07) is -0.587. The number of hydrogen-bond acceptors (Lipinski definition) is 5. The molecule has 0 heterocycles. The fourth-order valence-electron chi connectivity index (χ4n) is 2.12. The Balaban J connectivity index is 5.15. The van der Waals surface area contributed by atoms with E-state index in [-0.39, 0.29) is 5.97 Å². The Bertz CT molecular complexity index is 374. The molecule has 1 amide bonds. The molecule has 0 radical (unpaired) electrons. The van der Waals surface area contributed by atoms with Gasteiger partial charge in [0.05, 0.1) is 6.61 Å². The van der Waals surface area contributed by atoms with E-state index in [0.717, 1.165) is 30.3 Å². The zero-order valence-electron chi connectivity index (χ0n) is 15.6. The van der Waals surface area contributed by atoms with Crippen molar-refractivity contribution in [3.05, 3.63) is 0 Å². The zero-order chi connectivity index (χ0) is 18.6. The number of hydrogen-bond donors (Lipinski definition) is 0. The Morgan fingerprint density at radius 1 is 1.21 bits per heavy atom. The molecular weight excluding hydrogens is 394 g/mol. The van der Waals surface area contributed by atoms with Gasteiger partial charge >= 0.3 is 12.1 Å². The van der Waals surface area contributed by atoms with Gasteiger partial charge in [0.25, 0.3) is 0 Å². The lowest BCUT2D eigenvalue weighted by Crippen LogP contribution is -2.48. The van der Waals surface area contributed by atoms with Crippen LogP contribution in [0.5, 0.6) is 0 Å². The number of ether oxygens (including phenoxy) is 2. The second-order valence-corrected chi connectivity index (χ2v) is 8.25. The van der Waals surface area contributed by atoms with E-state index < -0.39 is 17.7 Å². The topological polar surface area (TPSA) is 55.8 Å². The van der Waals surface area contributed by atoms with Crippen molar-refractivity contribution in [2.45, 2.75) is 65.0 Å². The van der Waals surface area contributed by atoms with Crippen LogP contribution < -0.4 is 0 Å². The summed E-state index contributed by atoms with van der Waals surface area (Å²) in [6.07, 6.45) is 4.97.